The average Bonchev–Trinajstić information content (AvgIpc) is 3.00. The Morgan fingerprint density at radius 3 is 3.00 bits per heavy atom. The summed E-state index contributed by atoms with van der Waals surface area (Å²) in [5.41, 5.74) is 2.16. The van der Waals surface area contributed by atoms with Crippen molar-refractivity contribution in [3.63, 3.8) is 0 Å². The Kier molecular flexibility index (Phi) is 4.46. The number of pyridine rings is 1. The summed E-state index contributed by atoms with van der Waals surface area (Å²) in [7, 11) is 0. The van der Waals surface area contributed by atoms with Gasteiger partial charge in [-0.2, -0.15) is 0 Å². The van der Waals surface area contributed by atoms with E-state index >= 15 is 0 Å². The molecular weight excluding hydrogens is 274 g/mol. The van der Waals surface area contributed by atoms with Gasteiger partial charge in [-0.1, -0.05) is 13.8 Å². The van der Waals surface area contributed by atoms with Gasteiger partial charge in [-0.3, -0.25) is 4.79 Å². The number of piperidine rings is 1. The lowest BCUT2D eigenvalue weighted by Gasteiger charge is -2.34. The first kappa shape index (κ1) is 15.1. The Morgan fingerprint density at radius 2 is 2.27 bits per heavy atom. The highest BCUT2D eigenvalue weighted by Gasteiger charge is 2.28. The van der Waals surface area contributed by atoms with E-state index in [1.807, 2.05) is 12.3 Å². The van der Waals surface area contributed by atoms with Gasteiger partial charge in [-0.25, -0.2) is 4.98 Å². The minimum Gasteiger partial charge on any atom is -0.343 e. The number of hydrogen-bond donors (Lipinski definition) is 1. The summed E-state index contributed by atoms with van der Waals surface area (Å²) in [4.78, 5) is 22.5. The Labute approximate surface area is 131 Å². The van der Waals surface area contributed by atoms with Gasteiger partial charge < -0.3 is 9.88 Å². The summed E-state index contributed by atoms with van der Waals surface area (Å²) in [6.07, 6.45) is 5.91. The average molecular weight is 299 g/mol. The maximum absolute atomic E-state index is 12.6. The van der Waals surface area contributed by atoms with Crippen LogP contribution in [0.5, 0.6) is 0 Å². The van der Waals surface area contributed by atoms with Crippen molar-refractivity contribution in [1.29, 1.82) is 0 Å². The van der Waals surface area contributed by atoms with Crippen molar-refractivity contribution < 1.29 is 4.79 Å². The number of nitrogens with one attached hydrogen (secondary N) is 1. The van der Waals surface area contributed by atoms with Crippen molar-refractivity contribution in [2.45, 2.75) is 45.4 Å². The fourth-order valence-electron chi connectivity index (χ4n) is 3.53. The number of carbonyl (C=O) groups excluding carboxylic acids is 1. The molecule has 3 heterocycles. The zero-order valence-electron chi connectivity index (χ0n) is 13.5. The number of nitrogens with zero attached hydrogens (tertiary/aromatic N) is 2. The van der Waals surface area contributed by atoms with Crippen molar-refractivity contribution in [2.24, 2.45) is 5.92 Å². The van der Waals surface area contributed by atoms with E-state index in [-0.39, 0.29) is 5.92 Å². The first-order valence-corrected chi connectivity index (χ1v) is 8.45. The van der Waals surface area contributed by atoms with Gasteiger partial charge in [0, 0.05) is 42.2 Å². The van der Waals surface area contributed by atoms with Crippen molar-refractivity contribution in [3.8, 4) is 0 Å². The molecule has 2 aromatic rings. The zero-order chi connectivity index (χ0) is 15.5. The Balaban J connectivity index is 1.76. The van der Waals surface area contributed by atoms with Gasteiger partial charge in [-0.15, -0.1) is 0 Å². The van der Waals surface area contributed by atoms with E-state index < -0.39 is 0 Å². The van der Waals surface area contributed by atoms with Gasteiger partial charge in [0.2, 0.25) is 5.91 Å². The van der Waals surface area contributed by atoms with Crippen LogP contribution in [0.25, 0.3) is 11.0 Å². The van der Waals surface area contributed by atoms with Crippen molar-refractivity contribution in [3.05, 3.63) is 30.1 Å². The van der Waals surface area contributed by atoms with E-state index in [1.165, 1.54) is 5.69 Å². The lowest BCUT2D eigenvalue weighted by molar-refractivity contribution is -0.137. The van der Waals surface area contributed by atoms with Crippen LogP contribution < -0.4 is 0 Å². The van der Waals surface area contributed by atoms with E-state index in [0.29, 0.717) is 11.8 Å². The number of carbonyl (C=O) groups is 1. The molecule has 0 radical (unpaired) electrons. The second-order valence-electron chi connectivity index (χ2n) is 6.30. The Morgan fingerprint density at radius 1 is 1.45 bits per heavy atom. The largest absolute Gasteiger partial charge is 0.343 e. The molecule has 4 nitrogen and oxygen atoms in total. The summed E-state index contributed by atoms with van der Waals surface area (Å²) in [6, 6.07) is 6.24. The molecule has 1 atom stereocenters. The number of rotatable bonds is 4. The lowest BCUT2D eigenvalue weighted by Crippen LogP contribution is -2.42. The number of amides is 1. The Hall–Kier alpha value is -1.84. The third kappa shape index (κ3) is 2.87. The predicted molar refractivity (Wildman–Crippen MR) is 88.7 cm³/mol. The van der Waals surface area contributed by atoms with Crippen LogP contribution in [0.4, 0.5) is 0 Å². The second-order valence-corrected chi connectivity index (χ2v) is 6.30. The van der Waals surface area contributed by atoms with Gasteiger partial charge in [0.1, 0.15) is 5.65 Å². The van der Waals surface area contributed by atoms with Crippen LogP contribution in [0.15, 0.2) is 24.4 Å². The van der Waals surface area contributed by atoms with E-state index in [9.17, 15) is 4.79 Å². The van der Waals surface area contributed by atoms with Crippen LogP contribution in [-0.4, -0.2) is 33.9 Å². The molecule has 1 saturated heterocycles. The van der Waals surface area contributed by atoms with Gasteiger partial charge >= 0.3 is 0 Å². The van der Waals surface area contributed by atoms with Crippen LogP contribution in [0.2, 0.25) is 0 Å². The van der Waals surface area contributed by atoms with Crippen LogP contribution in [0.3, 0.4) is 0 Å². The van der Waals surface area contributed by atoms with Crippen molar-refractivity contribution >= 4 is 16.9 Å². The smallest absolute Gasteiger partial charge is 0.225 e. The van der Waals surface area contributed by atoms with Crippen LogP contribution in [-0.2, 0) is 4.79 Å². The van der Waals surface area contributed by atoms with Crippen LogP contribution >= 0.6 is 0 Å². The van der Waals surface area contributed by atoms with E-state index in [0.717, 1.165) is 49.8 Å². The highest BCUT2D eigenvalue weighted by molar-refractivity contribution is 5.79. The number of aromatic nitrogens is 2. The summed E-state index contributed by atoms with van der Waals surface area (Å²) in [5.74, 6) is 0.924. The SMILES string of the molecule is CCC(CC)C(=O)N1CCCC(c2cc3cccnc3[nH]2)C1. The molecule has 0 aromatic carbocycles. The second kappa shape index (κ2) is 6.51. The van der Waals surface area contributed by atoms with E-state index in [4.69, 9.17) is 0 Å². The molecule has 22 heavy (non-hydrogen) atoms. The summed E-state index contributed by atoms with van der Waals surface area (Å²) in [5, 5.41) is 1.15. The summed E-state index contributed by atoms with van der Waals surface area (Å²) < 4.78 is 0. The predicted octanol–water partition coefficient (Wildman–Crippen LogP) is 3.71. The quantitative estimate of drug-likeness (QED) is 0.935. The van der Waals surface area contributed by atoms with Gasteiger partial charge in [0.05, 0.1) is 0 Å². The molecular formula is C18H25N3O. The minimum absolute atomic E-state index is 0.183. The molecule has 3 rings (SSSR count). The highest BCUT2D eigenvalue weighted by atomic mass is 16.2. The van der Waals surface area contributed by atoms with Gasteiger partial charge in [0.15, 0.2) is 0 Å². The summed E-state index contributed by atoms with van der Waals surface area (Å²) >= 11 is 0. The molecule has 1 aliphatic rings. The molecule has 1 unspecified atom stereocenters. The van der Waals surface area contributed by atoms with Gasteiger partial charge in [-0.05, 0) is 43.9 Å². The molecule has 1 amide bonds. The first-order chi connectivity index (χ1) is 10.7. The Bertz CT molecular complexity index is 612. The lowest BCUT2D eigenvalue weighted by atomic mass is 9.92. The van der Waals surface area contributed by atoms with Crippen molar-refractivity contribution in [1.82, 2.24) is 14.9 Å². The summed E-state index contributed by atoms with van der Waals surface area (Å²) in [6.45, 7) is 5.96. The molecule has 0 aliphatic carbocycles. The molecule has 0 bridgehead atoms. The molecule has 4 heteroatoms. The maximum Gasteiger partial charge on any atom is 0.225 e. The monoisotopic (exact) mass is 299 g/mol. The fraction of sp³-hybridized carbons (Fsp3) is 0.556. The van der Waals surface area contributed by atoms with Crippen LogP contribution in [0, 0.1) is 5.92 Å². The number of fused-ring (bicyclic) bond motifs is 1. The molecule has 1 fully saturated rings. The number of hydrogen-bond acceptors (Lipinski definition) is 2. The third-order valence-electron chi connectivity index (χ3n) is 4.92. The molecule has 1 aliphatic heterocycles. The number of H-pyrrole nitrogens is 1. The minimum atomic E-state index is 0.183. The van der Waals surface area contributed by atoms with E-state index in [2.05, 4.69) is 40.8 Å². The molecule has 118 valence electrons. The topological polar surface area (TPSA) is 49.0 Å². The van der Waals surface area contributed by atoms with Gasteiger partial charge in [0.25, 0.3) is 0 Å². The fourth-order valence-corrected chi connectivity index (χ4v) is 3.53. The van der Waals surface area contributed by atoms with E-state index in [1.54, 1.807) is 0 Å². The molecule has 2 aromatic heterocycles. The molecule has 0 saturated carbocycles. The zero-order valence-corrected chi connectivity index (χ0v) is 13.5. The highest BCUT2D eigenvalue weighted by Crippen LogP contribution is 2.29. The normalized spacial score (nSPS) is 19.0. The standard InChI is InChI=1S/C18H25N3O/c1-3-13(4-2)18(22)21-10-6-8-15(12-21)16-11-14-7-5-9-19-17(14)20-16/h5,7,9,11,13,15H,3-4,6,8,10,12H2,1-2H3,(H,19,20). The molecule has 0 spiro atoms. The molecule has 1 N–H and O–H groups in total. The van der Waals surface area contributed by atoms with Crippen LogP contribution in [0.1, 0.15) is 51.1 Å². The number of likely N-dealkylation sites (tertiary alicyclic amines) is 1. The van der Waals surface area contributed by atoms with Crippen molar-refractivity contribution in [2.75, 3.05) is 13.1 Å². The number of aromatic amines is 1. The maximum atomic E-state index is 12.6. The third-order valence-corrected chi connectivity index (χ3v) is 4.92. The first-order valence-electron chi connectivity index (χ1n) is 8.45.